The second-order valence-corrected chi connectivity index (χ2v) is 6.60. The smallest absolute Gasteiger partial charge is 0.0792 e. The van der Waals surface area contributed by atoms with Crippen LogP contribution in [-0.2, 0) is 6.42 Å². The minimum atomic E-state index is -0.268. The van der Waals surface area contributed by atoms with Crippen molar-refractivity contribution in [3.63, 3.8) is 0 Å². The van der Waals surface area contributed by atoms with Gasteiger partial charge in [-0.25, -0.2) is 0 Å². The Morgan fingerprint density at radius 1 is 1.16 bits per heavy atom. The van der Waals surface area contributed by atoms with Gasteiger partial charge in [0.1, 0.15) is 0 Å². The fraction of sp³-hybridized carbons (Fsp3) is 0.667. The Balaban J connectivity index is 1.95. The van der Waals surface area contributed by atoms with E-state index in [1.54, 1.807) is 0 Å². The van der Waals surface area contributed by atoms with Crippen LogP contribution in [0.4, 0.5) is 0 Å². The third-order valence-corrected chi connectivity index (χ3v) is 4.26. The molecular formula is C18H28O. The molecule has 0 amide bonds. The van der Waals surface area contributed by atoms with Crippen LogP contribution in [0.25, 0.3) is 0 Å². The van der Waals surface area contributed by atoms with Crippen molar-refractivity contribution in [3.8, 4) is 0 Å². The Hall–Kier alpha value is -0.820. The molecule has 0 heterocycles. The molecule has 0 spiro atoms. The quantitative estimate of drug-likeness (QED) is 0.799. The maximum atomic E-state index is 10.4. The maximum absolute atomic E-state index is 10.4. The molecule has 1 aromatic rings. The summed E-state index contributed by atoms with van der Waals surface area (Å²) in [6.45, 7) is 4.48. The third-order valence-electron chi connectivity index (χ3n) is 4.26. The summed E-state index contributed by atoms with van der Waals surface area (Å²) in [5, 5.41) is 10.4. The molecule has 1 fully saturated rings. The Bertz CT molecular complexity index is 377. The number of hydrogen-bond donors (Lipinski definition) is 1. The predicted octanol–water partition coefficient (Wildman–Crippen LogP) is 4.89. The van der Waals surface area contributed by atoms with Gasteiger partial charge in [0.2, 0.25) is 0 Å². The summed E-state index contributed by atoms with van der Waals surface area (Å²) >= 11 is 0. The first kappa shape index (κ1) is 14.6. The van der Waals surface area contributed by atoms with Gasteiger partial charge in [0.25, 0.3) is 0 Å². The summed E-state index contributed by atoms with van der Waals surface area (Å²) in [5.41, 5.74) is 2.47. The van der Waals surface area contributed by atoms with Crippen LogP contribution in [0.5, 0.6) is 0 Å². The topological polar surface area (TPSA) is 20.2 Å². The average molecular weight is 260 g/mol. The van der Waals surface area contributed by atoms with Crippen molar-refractivity contribution < 1.29 is 5.11 Å². The summed E-state index contributed by atoms with van der Waals surface area (Å²) in [6.07, 6.45) is 8.49. The minimum Gasteiger partial charge on any atom is -0.388 e. The van der Waals surface area contributed by atoms with Crippen molar-refractivity contribution in [2.75, 3.05) is 0 Å². The molecule has 19 heavy (non-hydrogen) atoms. The molecule has 1 heteroatoms. The lowest BCUT2D eigenvalue weighted by Crippen LogP contribution is -2.11. The van der Waals surface area contributed by atoms with E-state index in [4.69, 9.17) is 0 Å². The molecule has 1 N–H and O–H groups in total. The second kappa shape index (κ2) is 7.09. The Kier molecular flexibility index (Phi) is 5.45. The van der Waals surface area contributed by atoms with Gasteiger partial charge in [0.05, 0.1) is 6.10 Å². The highest BCUT2D eigenvalue weighted by Gasteiger charge is 2.18. The fourth-order valence-corrected chi connectivity index (χ4v) is 3.27. The van der Waals surface area contributed by atoms with Gasteiger partial charge in [-0.15, -0.1) is 0 Å². The van der Waals surface area contributed by atoms with E-state index in [1.165, 1.54) is 37.7 Å². The third kappa shape index (κ3) is 4.65. The number of aliphatic hydroxyl groups excluding tert-OH is 1. The standard InChI is InChI=1S/C18H28O/c1-14(2)11-16-9-6-10-17(12-16)18(19)13-15-7-4-3-5-8-15/h6,9-10,12,14-15,18-19H,3-5,7-8,11,13H2,1-2H3. The predicted molar refractivity (Wildman–Crippen MR) is 81.1 cm³/mol. The van der Waals surface area contributed by atoms with Gasteiger partial charge in [-0.1, -0.05) is 70.2 Å². The van der Waals surface area contributed by atoms with E-state index in [0.717, 1.165) is 24.3 Å². The largest absolute Gasteiger partial charge is 0.388 e. The summed E-state index contributed by atoms with van der Waals surface area (Å²) in [5.74, 6) is 1.41. The van der Waals surface area contributed by atoms with Crippen LogP contribution in [0, 0.1) is 11.8 Å². The number of hydrogen-bond acceptors (Lipinski definition) is 1. The molecule has 1 aliphatic rings. The molecule has 1 unspecified atom stereocenters. The van der Waals surface area contributed by atoms with E-state index in [0.29, 0.717) is 5.92 Å². The van der Waals surface area contributed by atoms with Crippen LogP contribution in [-0.4, -0.2) is 5.11 Å². The molecular weight excluding hydrogens is 232 g/mol. The molecule has 0 aromatic heterocycles. The fourth-order valence-electron chi connectivity index (χ4n) is 3.27. The van der Waals surface area contributed by atoms with Crippen LogP contribution < -0.4 is 0 Å². The highest BCUT2D eigenvalue weighted by molar-refractivity contribution is 5.25. The zero-order valence-corrected chi connectivity index (χ0v) is 12.4. The summed E-state index contributed by atoms with van der Waals surface area (Å²) in [7, 11) is 0. The number of rotatable bonds is 5. The minimum absolute atomic E-state index is 0.268. The average Bonchev–Trinajstić information content (AvgIpc) is 2.39. The first-order valence-corrected chi connectivity index (χ1v) is 7.92. The molecule has 0 saturated heterocycles. The number of aliphatic hydroxyl groups is 1. The Morgan fingerprint density at radius 3 is 2.58 bits per heavy atom. The molecule has 106 valence electrons. The molecule has 2 rings (SSSR count). The lowest BCUT2D eigenvalue weighted by atomic mass is 9.84. The Morgan fingerprint density at radius 2 is 1.89 bits per heavy atom. The normalized spacial score (nSPS) is 18.7. The molecule has 1 aliphatic carbocycles. The van der Waals surface area contributed by atoms with Crippen molar-refractivity contribution in [1.29, 1.82) is 0 Å². The highest BCUT2D eigenvalue weighted by Crippen LogP contribution is 2.32. The molecule has 0 aliphatic heterocycles. The van der Waals surface area contributed by atoms with Gasteiger partial charge in [-0.2, -0.15) is 0 Å². The summed E-state index contributed by atoms with van der Waals surface area (Å²) in [4.78, 5) is 0. The lowest BCUT2D eigenvalue weighted by molar-refractivity contribution is 0.131. The van der Waals surface area contributed by atoms with Gasteiger partial charge in [-0.3, -0.25) is 0 Å². The zero-order chi connectivity index (χ0) is 13.7. The molecule has 1 atom stereocenters. The SMILES string of the molecule is CC(C)Cc1cccc(C(O)CC2CCCCC2)c1. The second-order valence-electron chi connectivity index (χ2n) is 6.60. The monoisotopic (exact) mass is 260 g/mol. The highest BCUT2D eigenvalue weighted by atomic mass is 16.3. The van der Waals surface area contributed by atoms with Crippen molar-refractivity contribution in [1.82, 2.24) is 0 Å². The molecule has 1 saturated carbocycles. The summed E-state index contributed by atoms with van der Waals surface area (Å²) < 4.78 is 0. The number of benzene rings is 1. The van der Waals surface area contributed by atoms with Gasteiger partial charge in [0.15, 0.2) is 0 Å². The molecule has 1 nitrogen and oxygen atoms in total. The van der Waals surface area contributed by atoms with Crippen molar-refractivity contribution >= 4 is 0 Å². The van der Waals surface area contributed by atoms with Gasteiger partial charge < -0.3 is 5.11 Å². The van der Waals surface area contributed by atoms with Gasteiger partial charge >= 0.3 is 0 Å². The molecule has 1 aromatic carbocycles. The summed E-state index contributed by atoms with van der Waals surface area (Å²) in [6, 6.07) is 8.55. The first-order valence-electron chi connectivity index (χ1n) is 7.92. The lowest BCUT2D eigenvalue weighted by Gasteiger charge is -2.24. The Labute approximate surface area is 118 Å². The van der Waals surface area contributed by atoms with E-state index in [9.17, 15) is 5.11 Å². The van der Waals surface area contributed by atoms with E-state index >= 15 is 0 Å². The van der Waals surface area contributed by atoms with E-state index in [-0.39, 0.29) is 6.10 Å². The van der Waals surface area contributed by atoms with Crippen molar-refractivity contribution in [2.45, 2.75) is 64.9 Å². The van der Waals surface area contributed by atoms with Crippen molar-refractivity contribution in [2.24, 2.45) is 11.8 Å². The molecule has 0 radical (unpaired) electrons. The van der Waals surface area contributed by atoms with E-state index in [1.807, 2.05) is 0 Å². The first-order chi connectivity index (χ1) is 9.15. The van der Waals surface area contributed by atoms with Gasteiger partial charge in [-0.05, 0) is 35.8 Å². The van der Waals surface area contributed by atoms with Crippen LogP contribution >= 0.6 is 0 Å². The van der Waals surface area contributed by atoms with E-state index in [2.05, 4.69) is 38.1 Å². The van der Waals surface area contributed by atoms with Crippen molar-refractivity contribution in [3.05, 3.63) is 35.4 Å². The van der Waals surface area contributed by atoms with Crippen LogP contribution in [0.3, 0.4) is 0 Å². The maximum Gasteiger partial charge on any atom is 0.0792 e. The van der Waals surface area contributed by atoms with E-state index < -0.39 is 0 Å². The zero-order valence-electron chi connectivity index (χ0n) is 12.4. The van der Waals surface area contributed by atoms with Crippen LogP contribution in [0.15, 0.2) is 24.3 Å². The molecule has 0 bridgehead atoms. The van der Waals surface area contributed by atoms with Gasteiger partial charge in [0, 0.05) is 0 Å². The van der Waals surface area contributed by atoms with Crippen LogP contribution in [0.2, 0.25) is 0 Å². The van der Waals surface area contributed by atoms with Crippen LogP contribution in [0.1, 0.15) is 69.6 Å².